The lowest BCUT2D eigenvalue weighted by atomic mass is 10.0. The summed E-state index contributed by atoms with van der Waals surface area (Å²) in [7, 11) is 1.22. The van der Waals surface area contributed by atoms with Crippen molar-refractivity contribution in [2.24, 2.45) is 10.2 Å². The monoisotopic (exact) mass is 572 g/mol. The number of azo groups is 1. The topological polar surface area (TPSA) is 153 Å². The third-order valence-corrected chi connectivity index (χ3v) is 5.95. The maximum atomic E-state index is 13.3. The normalized spacial score (nSPS) is 11.9. The Labute approximate surface area is 240 Å². The average Bonchev–Trinajstić information content (AvgIpc) is 3.52. The maximum absolute atomic E-state index is 13.3. The highest BCUT2D eigenvalue weighted by molar-refractivity contribution is 6.30. The molecule has 1 heterocycles. The Bertz CT molecular complexity index is 1540. The van der Waals surface area contributed by atoms with Gasteiger partial charge in [-0.1, -0.05) is 59.2 Å². The van der Waals surface area contributed by atoms with Gasteiger partial charge in [-0.3, -0.25) is 9.59 Å². The number of nitrogens with one attached hydrogen (secondary N) is 2. The zero-order valence-corrected chi connectivity index (χ0v) is 22.6. The molecule has 0 aliphatic rings. The molecule has 0 unspecified atom stereocenters. The van der Waals surface area contributed by atoms with Crippen LogP contribution in [0.3, 0.4) is 0 Å². The van der Waals surface area contributed by atoms with Crippen LogP contribution in [-0.4, -0.2) is 51.3 Å². The van der Waals surface area contributed by atoms with Gasteiger partial charge in [-0.15, -0.1) is 5.10 Å². The highest BCUT2D eigenvalue weighted by Gasteiger charge is 2.21. The highest BCUT2D eigenvalue weighted by atomic mass is 35.5. The summed E-state index contributed by atoms with van der Waals surface area (Å²) in [5.41, 5.74) is 3.40. The average molecular weight is 573 g/mol. The highest BCUT2D eigenvalue weighted by Crippen LogP contribution is 2.20. The number of carbonyl (C=O) groups excluding carboxylic acids is 3. The van der Waals surface area contributed by atoms with Crippen molar-refractivity contribution >= 4 is 41.3 Å². The van der Waals surface area contributed by atoms with E-state index in [2.05, 4.69) is 41.1 Å². The molecule has 13 heteroatoms. The minimum Gasteiger partial charge on any atom is -0.450 e. The van der Waals surface area contributed by atoms with E-state index in [9.17, 15) is 14.4 Å². The van der Waals surface area contributed by atoms with Crippen molar-refractivity contribution in [3.63, 3.8) is 0 Å². The Kier molecular flexibility index (Phi) is 9.99. The fraction of sp³-hybridized carbons (Fsp3) is 0.143. The summed E-state index contributed by atoms with van der Waals surface area (Å²) in [4.78, 5) is 37.3. The zero-order chi connectivity index (χ0) is 29.0. The van der Waals surface area contributed by atoms with Gasteiger partial charge in [0.05, 0.1) is 19.3 Å². The van der Waals surface area contributed by atoms with Gasteiger partial charge >= 0.3 is 6.09 Å². The smallest absolute Gasteiger partial charge is 0.450 e. The van der Waals surface area contributed by atoms with Gasteiger partial charge in [0.2, 0.25) is 11.8 Å². The maximum Gasteiger partial charge on any atom is 0.451 e. The van der Waals surface area contributed by atoms with Gasteiger partial charge in [-0.05, 0) is 58.0 Å². The predicted molar refractivity (Wildman–Crippen MR) is 151 cm³/mol. The first-order valence-corrected chi connectivity index (χ1v) is 12.7. The quantitative estimate of drug-likeness (QED) is 0.211. The number of hydrogen-bond donors (Lipinski definition) is 2. The number of carbonyl (C=O) groups is 3. The second kappa shape index (κ2) is 14.2. The fourth-order valence-corrected chi connectivity index (χ4v) is 3.90. The van der Waals surface area contributed by atoms with Crippen LogP contribution in [-0.2, 0) is 27.3 Å². The summed E-state index contributed by atoms with van der Waals surface area (Å²) in [6.45, 7) is 0.171. The van der Waals surface area contributed by atoms with Crippen molar-refractivity contribution in [2.45, 2.75) is 19.0 Å². The third-order valence-electron chi connectivity index (χ3n) is 5.72. The van der Waals surface area contributed by atoms with Crippen LogP contribution in [0.25, 0.3) is 11.8 Å². The zero-order valence-electron chi connectivity index (χ0n) is 21.8. The van der Waals surface area contributed by atoms with Gasteiger partial charge in [0.25, 0.3) is 0 Å². The van der Waals surface area contributed by atoms with Crippen molar-refractivity contribution in [2.75, 3.05) is 12.4 Å². The number of hydrogen-bond acceptors (Lipinski definition) is 8. The molecule has 0 aliphatic heterocycles. The number of benzene rings is 3. The molecule has 0 aliphatic carbocycles. The van der Waals surface area contributed by atoms with Crippen LogP contribution in [0, 0.1) is 0 Å². The number of amides is 3. The standard InChI is InChI=1S/C28H25ClN8O4/c1-41-28(40)34-30-17-20-7-11-23(12-8-20)32-27(39)24(15-19-5-3-2-4-6-19)33-26(38)14-9-21-16-22(29)10-13-25(21)37-18-31-35-36-37/h2-14,16,18,24H,15,17H2,1H3,(H,32,39)(H,33,38)/b14-9+,34-30?/t24-/m0/s1. The molecule has 0 saturated carbocycles. The van der Waals surface area contributed by atoms with Crippen molar-refractivity contribution < 1.29 is 19.1 Å². The molecule has 1 aromatic heterocycles. The van der Waals surface area contributed by atoms with Gasteiger partial charge < -0.3 is 15.4 Å². The number of tetrazole rings is 1. The molecular weight excluding hydrogens is 548 g/mol. The second-order valence-electron chi connectivity index (χ2n) is 8.60. The number of anilines is 1. The van der Waals surface area contributed by atoms with Crippen LogP contribution >= 0.6 is 11.6 Å². The molecular formula is C28H25ClN8O4. The molecule has 12 nitrogen and oxygen atoms in total. The number of halogens is 1. The Morgan fingerprint density at radius 1 is 1.05 bits per heavy atom. The van der Waals surface area contributed by atoms with Crippen LogP contribution < -0.4 is 10.6 Å². The van der Waals surface area contributed by atoms with E-state index in [1.165, 1.54) is 24.2 Å². The molecule has 208 valence electrons. The van der Waals surface area contributed by atoms with Crippen LogP contribution in [0.1, 0.15) is 16.7 Å². The summed E-state index contributed by atoms with van der Waals surface area (Å²) < 4.78 is 5.86. The van der Waals surface area contributed by atoms with Gasteiger partial charge in [0.15, 0.2) is 0 Å². The predicted octanol–water partition coefficient (Wildman–Crippen LogP) is 4.41. The number of nitrogens with zero attached hydrogens (tertiary/aromatic N) is 6. The Morgan fingerprint density at radius 3 is 2.54 bits per heavy atom. The molecule has 0 radical (unpaired) electrons. The number of rotatable bonds is 10. The first-order valence-electron chi connectivity index (χ1n) is 12.3. The van der Waals surface area contributed by atoms with Crippen LogP contribution in [0.4, 0.5) is 10.5 Å². The molecule has 0 fully saturated rings. The van der Waals surface area contributed by atoms with Crippen molar-refractivity contribution in [3.05, 3.63) is 107 Å². The Balaban J connectivity index is 1.46. The molecule has 1 atom stereocenters. The largest absolute Gasteiger partial charge is 0.451 e. The van der Waals surface area contributed by atoms with Gasteiger partial charge in [-0.2, -0.15) is 9.80 Å². The van der Waals surface area contributed by atoms with Gasteiger partial charge in [-0.25, -0.2) is 4.79 Å². The minimum absolute atomic E-state index is 0.171. The lowest BCUT2D eigenvalue weighted by Crippen LogP contribution is -2.44. The Morgan fingerprint density at radius 2 is 1.83 bits per heavy atom. The molecule has 41 heavy (non-hydrogen) atoms. The van der Waals surface area contributed by atoms with Crippen LogP contribution in [0.2, 0.25) is 5.02 Å². The molecule has 2 N–H and O–H groups in total. The summed E-state index contributed by atoms with van der Waals surface area (Å²) in [6, 6.07) is 20.5. The van der Waals surface area contributed by atoms with E-state index in [-0.39, 0.29) is 13.0 Å². The summed E-state index contributed by atoms with van der Waals surface area (Å²) in [5, 5.41) is 24.4. The molecule has 0 bridgehead atoms. The van der Waals surface area contributed by atoms with E-state index in [0.717, 1.165) is 11.1 Å². The third kappa shape index (κ3) is 8.63. The number of ether oxygens (including phenoxy) is 1. The summed E-state index contributed by atoms with van der Waals surface area (Å²) in [6.07, 6.45) is 3.82. The lowest BCUT2D eigenvalue weighted by molar-refractivity contribution is -0.123. The van der Waals surface area contributed by atoms with Crippen molar-refractivity contribution in [1.82, 2.24) is 25.5 Å². The molecule has 3 aromatic carbocycles. The van der Waals surface area contributed by atoms with Gasteiger partial charge in [0.1, 0.15) is 12.4 Å². The molecule has 0 saturated heterocycles. The summed E-state index contributed by atoms with van der Waals surface area (Å²) >= 11 is 6.16. The molecule has 4 aromatic rings. The molecule has 0 spiro atoms. The van der Waals surface area contributed by atoms with Gasteiger partial charge in [0, 0.05) is 28.8 Å². The number of aromatic nitrogens is 4. The van der Waals surface area contributed by atoms with Crippen molar-refractivity contribution in [1.29, 1.82) is 0 Å². The summed E-state index contributed by atoms with van der Waals surface area (Å²) in [5.74, 6) is -0.874. The van der Waals surface area contributed by atoms with Crippen LogP contribution in [0.5, 0.6) is 0 Å². The van der Waals surface area contributed by atoms with E-state index >= 15 is 0 Å². The molecule has 3 amide bonds. The van der Waals surface area contributed by atoms with Crippen molar-refractivity contribution in [3.8, 4) is 5.69 Å². The SMILES string of the molecule is COC(=O)N=NCc1ccc(NC(=O)[C@H](Cc2ccccc2)NC(=O)/C=C/c2cc(Cl)ccc2-n2cnnn2)cc1. The van der Waals surface area contributed by atoms with Crippen LogP contribution in [0.15, 0.2) is 95.4 Å². The Hall–Kier alpha value is -5.23. The van der Waals surface area contributed by atoms with E-state index in [4.69, 9.17) is 11.6 Å². The molecule has 4 rings (SSSR count). The first kappa shape index (κ1) is 28.8. The fourth-order valence-electron chi connectivity index (χ4n) is 3.72. The van der Waals surface area contributed by atoms with E-state index in [1.807, 2.05) is 30.3 Å². The van der Waals surface area contributed by atoms with E-state index in [1.54, 1.807) is 48.5 Å². The first-order chi connectivity index (χ1) is 19.9. The lowest BCUT2D eigenvalue weighted by Gasteiger charge is -2.18. The minimum atomic E-state index is -0.874. The number of methoxy groups -OCH3 is 1. The second-order valence-corrected chi connectivity index (χ2v) is 9.03. The van der Waals surface area contributed by atoms with E-state index < -0.39 is 23.9 Å². The van der Waals surface area contributed by atoms with E-state index in [0.29, 0.717) is 22.0 Å².